The molecule has 43 heavy (non-hydrogen) atoms. The first-order valence-corrected chi connectivity index (χ1v) is 13.7. The monoisotopic (exact) mass is 589 g/mol. The second kappa shape index (κ2) is 14.0. The van der Waals surface area contributed by atoms with E-state index in [1.165, 1.54) is 28.0 Å². The largest absolute Gasteiger partial charge is 0.481 e. The van der Waals surface area contributed by atoms with Gasteiger partial charge in [0.25, 0.3) is 5.91 Å². The molecule has 0 radical (unpaired) electrons. The predicted molar refractivity (Wildman–Crippen MR) is 153 cm³/mol. The molecule has 1 aliphatic rings. The molecular weight excluding hydrogens is 558 g/mol. The Morgan fingerprint density at radius 2 is 1.56 bits per heavy atom. The minimum atomic E-state index is -1.17. The third-order valence-electron chi connectivity index (χ3n) is 6.76. The fourth-order valence-electron chi connectivity index (χ4n) is 4.54. The Morgan fingerprint density at radius 1 is 0.884 bits per heavy atom. The van der Waals surface area contributed by atoms with Gasteiger partial charge < -0.3 is 30.1 Å². The van der Waals surface area contributed by atoms with Crippen LogP contribution in [0.2, 0.25) is 0 Å². The van der Waals surface area contributed by atoms with E-state index in [0.29, 0.717) is 11.1 Å². The molecule has 2 aromatic carbocycles. The maximum atomic E-state index is 13.6. The normalized spacial score (nSPS) is 13.6. The summed E-state index contributed by atoms with van der Waals surface area (Å²) in [6.07, 6.45) is -1.01. The van der Waals surface area contributed by atoms with Gasteiger partial charge in [0.15, 0.2) is 5.82 Å². The molecule has 1 saturated heterocycles. The molecule has 1 aliphatic heterocycles. The summed E-state index contributed by atoms with van der Waals surface area (Å²) in [6, 6.07) is 15.2. The van der Waals surface area contributed by atoms with Crippen LogP contribution in [0.3, 0.4) is 0 Å². The number of carbonyl (C=O) groups is 5. The number of carboxylic acids is 2. The van der Waals surface area contributed by atoms with Crippen molar-refractivity contribution >= 4 is 29.8 Å². The van der Waals surface area contributed by atoms with Gasteiger partial charge in [-0.1, -0.05) is 42.5 Å². The highest BCUT2D eigenvalue weighted by Crippen LogP contribution is 2.24. The molecule has 1 fully saturated rings. The second-order valence-corrected chi connectivity index (χ2v) is 9.68. The van der Waals surface area contributed by atoms with E-state index in [9.17, 15) is 34.2 Å². The molecule has 3 amide bonds. The van der Waals surface area contributed by atoms with Crippen molar-refractivity contribution in [2.75, 3.05) is 32.8 Å². The third kappa shape index (κ3) is 7.91. The zero-order valence-corrected chi connectivity index (χ0v) is 23.4. The number of amides is 3. The topological polar surface area (TPSA) is 179 Å². The van der Waals surface area contributed by atoms with Crippen LogP contribution in [0.15, 0.2) is 60.7 Å². The molecule has 3 aromatic rings. The lowest BCUT2D eigenvalue weighted by Crippen LogP contribution is -2.56. The molecule has 0 bridgehead atoms. The van der Waals surface area contributed by atoms with Crippen molar-refractivity contribution in [3.8, 4) is 22.6 Å². The quantitative estimate of drug-likeness (QED) is 0.318. The van der Waals surface area contributed by atoms with Gasteiger partial charge in [-0.25, -0.2) is 19.6 Å². The van der Waals surface area contributed by atoms with Gasteiger partial charge >= 0.3 is 18.0 Å². The Hall–Kier alpha value is -5.33. The molecule has 1 atom stereocenters. The summed E-state index contributed by atoms with van der Waals surface area (Å²) in [5, 5.41) is 21.4. The van der Waals surface area contributed by atoms with Crippen LogP contribution in [0.5, 0.6) is 0 Å². The summed E-state index contributed by atoms with van der Waals surface area (Å²) in [6.45, 7) is 2.76. The number of nitrogens with one attached hydrogen (secondary N) is 1. The first kappa shape index (κ1) is 30.6. The Morgan fingerprint density at radius 3 is 2.21 bits per heavy atom. The molecule has 13 heteroatoms. The first-order valence-electron chi connectivity index (χ1n) is 13.7. The van der Waals surface area contributed by atoms with Gasteiger partial charge in [0.1, 0.15) is 11.7 Å². The van der Waals surface area contributed by atoms with E-state index in [1.807, 2.05) is 6.07 Å². The Labute approximate surface area is 247 Å². The number of benzene rings is 2. The van der Waals surface area contributed by atoms with Crippen LogP contribution in [0.4, 0.5) is 4.79 Å². The maximum absolute atomic E-state index is 13.6. The third-order valence-corrected chi connectivity index (χ3v) is 6.76. The van der Waals surface area contributed by atoms with Crippen LogP contribution in [-0.4, -0.2) is 98.7 Å². The van der Waals surface area contributed by atoms with Crippen molar-refractivity contribution in [1.29, 1.82) is 0 Å². The van der Waals surface area contributed by atoms with E-state index in [-0.39, 0.29) is 68.4 Å². The Bertz CT molecular complexity index is 1510. The van der Waals surface area contributed by atoms with Crippen molar-refractivity contribution < 1.29 is 38.9 Å². The number of aromatic carboxylic acids is 1. The van der Waals surface area contributed by atoms with Crippen molar-refractivity contribution in [2.24, 2.45) is 0 Å². The molecule has 1 aromatic heterocycles. The van der Waals surface area contributed by atoms with Crippen LogP contribution < -0.4 is 5.32 Å². The van der Waals surface area contributed by atoms with E-state index >= 15 is 0 Å². The Balaban J connectivity index is 1.62. The first-order chi connectivity index (χ1) is 20.7. The summed E-state index contributed by atoms with van der Waals surface area (Å²) in [4.78, 5) is 73.9. The molecule has 0 aliphatic carbocycles. The molecule has 1 unspecified atom stereocenters. The molecule has 0 spiro atoms. The van der Waals surface area contributed by atoms with Crippen LogP contribution in [0.25, 0.3) is 22.6 Å². The fourth-order valence-corrected chi connectivity index (χ4v) is 4.54. The van der Waals surface area contributed by atoms with Crippen molar-refractivity contribution in [2.45, 2.75) is 25.8 Å². The zero-order valence-electron chi connectivity index (χ0n) is 23.4. The average Bonchev–Trinajstić information content (AvgIpc) is 3.03. The van der Waals surface area contributed by atoms with Crippen molar-refractivity contribution in [3.63, 3.8) is 0 Å². The van der Waals surface area contributed by atoms with Gasteiger partial charge in [0.2, 0.25) is 5.91 Å². The fraction of sp³-hybridized carbons (Fsp3) is 0.300. The van der Waals surface area contributed by atoms with E-state index in [2.05, 4.69) is 15.3 Å². The summed E-state index contributed by atoms with van der Waals surface area (Å²) in [5.41, 5.74) is 1.26. The van der Waals surface area contributed by atoms with Gasteiger partial charge in [-0.05, 0) is 31.5 Å². The van der Waals surface area contributed by atoms with Gasteiger partial charge in [0, 0.05) is 43.7 Å². The average molecular weight is 590 g/mol. The highest BCUT2D eigenvalue weighted by molar-refractivity contribution is 5.97. The number of piperazine rings is 1. The molecular formula is C30H31N5O8. The van der Waals surface area contributed by atoms with Crippen LogP contribution in [-0.2, 0) is 14.3 Å². The standard InChI is InChI=1S/C30H31N5O8/c1-2-43-30(42)35-15-13-34(14-16-35)28(39)22(11-12-25(36)37)33-27(38)24-18-23(20-9-6-10-21(17-20)29(40)41)31-26(32-24)19-7-4-3-5-8-19/h3-10,17-18,22H,2,11-16H2,1H3,(H,33,38)(H,36,37)(H,40,41). The highest BCUT2D eigenvalue weighted by atomic mass is 16.6. The Kier molecular flexibility index (Phi) is 9.99. The van der Waals surface area contributed by atoms with Gasteiger partial charge in [-0.2, -0.15) is 0 Å². The molecule has 13 nitrogen and oxygen atoms in total. The lowest BCUT2D eigenvalue weighted by Gasteiger charge is -2.35. The highest BCUT2D eigenvalue weighted by Gasteiger charge is 2.31. The smallest absolute Gasteiger partial charge is 0.409 e. The molecule has 224 valence electrons. The van der Waals surface area contributed by atoms with E-state index < -0.39 is 35.9 Å². The second-order valence-electron chi connectivity index (χ2n) is 9.68. The molecule has 0 saturated carbocycles. The van der Waals surface area contributed by atoms with E-state index in [0.717, 1.165) is 0 Å². The van der Waals surface area contributed by atoms with Gasteiger partial charge in [-0.3, -0.25) is 14.4 Å². The molecule has 4 rings (SSSR count). The summed E-state index contributed by atoms with van der Waals surface area (Å²) >= 11 is 0. The van der Waals surface area contributed by atoms with Crippen molar-refractivity contribution in [3.05, 3.63) is 71.9 Å². The minimum Gasteiger partial charge on any atom is -0.481 e. The zero-order chi connectivity index (χ0) is 30.9. The number of ether oxygens (including phenoxy) is 1. The molecule has 2 heterocycles. The SMILES string of the molecule is CCOC(=O)N1CCN(C(=O)C(CCC(=O)O)NC(=O)c2cc(-c3cccc(C(=O)O)c3)nc(-c3ccccc3)n2)CC1. The summed E-state index contributed by atoms with van der Waals surface area (Å²) < 4.78 is 5.01. The van der Waals surface area contributed by atoms with Crippen LogP contribution >= 0.6 is 0 Å². The number of aliphatic carboxylic acids is 1. The number of hydrogen-bond acceptors (Lipinski definition) is 8. The van der Waals surface area contributed by atoms with Crippen molar-refractivity contribution in [1.82, 2.24) is 25.1 Å². The summed E-state index contributed by atoms with van der Waals surface area (Å²) in [7, 11) is 0. The van der Waals surface area contributed by atoms with Gasteiger partial charge in [-0.15, -0.1) is 0 Å². The number of nitrogens with zero attached hydrogens (tertiary/aromatic N) is 4. The lowest BCUT2D eigenvalue weighted by atomic mass is 10.1. The number of aromatic nitrogens is 2. The van der Waals surface area contributed by atoms with E-state index in [4.69, 9.17) is 4.74 Å². The summed E-state index contributed by atoms with van der Waals surface area (Å²) in [5.74, 6) is -3.27. The number of rotatable bonds is 10. The lowest BCUT2D eigenvalue weighted by molar-refractivity contribution is -0.138. The number of carboxylic acid groups (broad SMARTS) is 2. The van der Waals surface area contributed by atoms with Crippen LogP contribution in [0, 0.1) is 0 Å². The number of carbonyl (C=O) groups excluding carboxylic acids is 3. The predicted octanol–water partition coefficient (Wildman–Crippen LogP) is 2.77. The molecule has 3 N–H and O–H groups in total. The minimum absolute atomic E-state index is 0.0331. The van der Waals surface area contributed by atoms with Gasteiger partial charge in [0.05, 0.1) is 17.9 Å². The van der Waals surface area contributed by atoms with Crippen LogP contribution in [0.1, 0.15) is 40.6 Å². The number of hydrogen-bond donors (Lipinski definition) is 3. The maximum Gasteiger partial charge on any atom is 0.409 e. The van der Waals surface area contributed by atoms with E-state index in [1.54, 1.807) is 43.3 Å².